The van der Waals surface area contributed by atoms with Crippen molar-refractivity contribution in [2.75, 3.05) is 0 Å². The van der Waals surface area contributed by atoms with Crippen LogP contribution in [0, 0.1) is 19.8 Å². The fourth-order valence-electron chi connectivity index (χ4n) is 2.95. The Labute approximate surface area is 150 Å². The molecular weight excluding hydrogens is 310 g/mol. The van der Waals surface area contributed by atoms with Gasteiger partial charge in [-0.1, -0.05) is 50.1 Å². The zero-order chi connectivity index (χ0) is 18.6. The third-order valence-corrected chi connectivity index (χ3v) is 4.37. The molecule has 0 aromatic heterocycles. The minimum absolute atomic E-state index is 0.00665. The maximum absolute atomic E-state index is 12.9. The van der Waals surface area contributed by atoms with Gasteiger partial charge < -0.3 is 5.32 Å². The highest BCUT2D eigenvalue weighted by molar-refractivity contribution is 6.04. The lowest BCUT2D eigenvalue weighted by atomic mass is 9.93. The summed E-state index contributed by atoms with van der Waals surface area (Å²) >= 11 is 0. The first-order valence-corrected chi connectivity index (χ1v) is 8.84. The van der Waals surface area contributed by atoms with Gasteiger partial charge in [0.25, 0.3) is 5.91 Å². The van der Waals surface area contributed by atoms with E-state index in [0.29, 0.717) is 11.1 Å². The summed E-state index contributed by atoms with van der Waals surface area (Å²) in [5.41, 5.74) is 4.51. The van der Waals surface area contributed by atoms with E-state index in [0.717, 1.165) is 17.5 Å². The minimum atomic E-state index is -0.542. The lowest BCUT2D eigenvalue weighted by Crippen LogP contribution is -2.44. The molecule has 0 heterocycles. The SMILES string of the molecule is CCc1ccc(C(=O)NC(C(=O)c2cc(C)cc(C)c2)C(C)C)cc1. The van der Waals surface area contributed by atoms with Crippen LogP contribution in [0.2, 0.25) is 0 Å². The molecule has 1 unspecified atom stereocenters. The Morgan fingerprint density at radius 3 is 1.96 bits per heavy atom. The van der Waals surface area contributed by atoms with Crippen molar-refractivity contribution in [3.63, 3.8) is 0 Å². The van der Waals surface area contributed by atoms with E-state index in [1.807, 2.05) is 70.2 Å². The number of carbonyl (C=O) groups excluding carboxylic acids is 2. The Balaban J connectivity index is 2.22. The fraction of sp³-hybridized carbons (Fsp3) is 0.364. The van der Waals surface area contributed by atoms with Crippen LogP contribution in [0.3, 0.4) is 0 Å². The quantitative estimate of drug-likeness (QED) is 0.789. The molecule has 0 radical (unpaired) electrons. The Bertz CT molecular complexity index is 740. The molecule has 3 heteroatoms. The number of hydrogen-bond acceptors (Lipinski definition) is 2. The van der Waals surface area contributed by atoms with Gasteiger partial charge in [0.05, 0.1) is 6.04 Å². The first-order chi connectivity index (χ1) is 11.8. The molecule has 1 N–H and O–H groups in total. The number of ketones is 1. The third-order valence-electron chi connectivity index (χ3n) is 4.37. The molecule has 1 atom stereocenters. The van der Waals surface area contributed by atoms with Crippen molar-refractivity contribution in [3.05, 3.63) is 70.3 Å². The molecule has 0 spiro atoms. The molecule has 132 valence electrons. The Morgan fingerprint density at radius 2 is 1.48 bits per heavy atom. The van der Waals surface area contributed by atoms with Crippen LogP contribution in [0.5, 0.6) is 0 Å². The van der Waals surface area contributed by atoms with Gasteiger partial charge in [0.1, 0.15) is 0 Å². The lowest BCUT2D eigenvalue weighted by Gasteiger charge is -2.22. The summed E-state index contributed by atoms with van der Waals surface area (Å²) in [6.45, 7) is 9.92. The van der Waals surface area contributed by atoms with Crippen LogP contribution in [0.1, 0.15) is 58.2 Å². The van der Waals surface area contributed by atoms with Crippen molar-refractivity contribution >= 4 is 11.7 Å². The maximum Gasteiger partial charge on any atom is 0.251 e. The number of benzene rings is 2. The van der Waals surface area contributed by atoms with Gasteiger partial charge in [-0.05, 0) is 56.0 Å². The molecule has 2 aromatic carbocycles. The average Bonchev–Trinajstić information content (AvgIpc) is 2.57. The van der Waals surface area contributed by atoms with E-state index in [4.69, 9.17) is 0 Å². The van der Waals surface area contributed by atoms with Crippen molar-refractivity contribution in [2.24, 2.45) is 5.92 Å². The standard InChI is InChI=1S/C22H27NO2/c1-6-17-7-9-18(10-8-17)22(25)23-20(14(2)3)21(24)19-12-15(4)11-16(5)13-19/h7-14,20H,6H2,1-5H3,(H,23,25). The van der Waals surface area contributed by atoms with E-state index in [1.54, 1.807) is 0 Å². The lowest BCUT2D eigenvalue weighted by molar-refractivity contribution is 0.0831. The summed E-state index contributed by atoms with van der Waals surface area (Å²) < 4.78 is 0. The maximum atomic E-state index is 12.9. The van der Waals surface area contributed by atoms with E-state index in [-0.39, 0.29) is 17.6 Å². The molecule has 0 aliphatic carbocycles. The minimum Gasteiger partial charge on any atom is -0.342 e. The molecule has 2 rings (SSSR count). The predicted octanol–water partition coefficient (Wildman–Crippen LogP) is 4.50. The number of Topliss-reactive ketones (excluding diaryl/α,β-unsaturated/α-hetero) is 1. The largest absolute Gasteiger partial charge is 0.342 e. The van der Waals surface area contributed by atoms with Crippen LogP contribution in [-0.2, 0) is 6.42 Å². The predicted molar refractivity (Wildman–Crippen MR) is 102 cm³/mol. The molecule has 3 nitrogen and oxygen atoms in total. The van der Waals surface area contributed by atoms with Gasteiger partial charge in [0.15, 0.2) is 5.78 Å². The Kier molecular flexibility index (Phi) is 6.13. The molecule has 0 aliphatic rings. The summed E-state index contributed by atoms with van der Waals surface area (Å²) in [5.74, 6) is -0.244. The van der Waals surface area contributed by atoms with Gasteiger partial charge in [-0.25, -0.2) is 0 Å². The summed E-state index contributed by atoms with van der Waals surface area (Å²) in [4.78, 5) is 25.5. The monoisotopic (exact) mass is 337 g/mol. The second kappa shape index (κ2) is 8.11. The van der Waals surface area contributed by atoms with E-state index in [1.165, 1.54) is 5.56 Å². The smallest absolute Gasteiger partial charge is 0.251 e. The highest BCUT2D eigenvalue weighted by atomic mass is 16.2. The number of hydrogen-bond donors (Lipinski definition) is 1. The van der Waals surface area contributed by atoms with Crippen LogP contribution in [0.25, 0.3) is 0 Å². The van der Waals surface area contributed by atoms with Crippen molar-refractivity contribution in [1.82, 2.24) is 5.32 Å². The van der Waals surface area contributed by atoms with Gasteiger partial charge in [-0.15, -0.1) is 0 Å². The van der Waals surface area contributed by atoms with E-state index >= 15 is 0 Å². The van der Waals surface area contributed by atoms with Crippen molar-refractivity contribution in [3.8, 4) is 0 Å². The van der Waals surface area contributed by atoms with Gasteiger partial charge in [-0.2, -0.15) is 0 Å². The number of amides is 1. The number of carbonyl (C=O) groups is 2. The number of aryl methyl sites for hydroxylation is 3. The number of nitrogens with one attached hydrogen (secondary N) is 1. The van der Waals surface area contributed by atoms with Gasteiger partial charge in [-0.3, -0.25) is 9.59 Å². The second-order valence-corrected chi connectivity index (χ2v) is 6.99. The Hall–Kier alpha value is -2.42. The normalized spacial score (nSPS) is 12.1. The van der Waals surface area contributed by atoms with E-state index in [9.17, 15) is 9.59 Å². The molecule has 1 amide bonds. The van der Waals surface area contributed by atoms with Crippen molar-refractivity contribution in [2.45, 2.75) is 47.1 Å². The molecule has 0 bridgehead atoms. The van der Waals surface area contributed by atoms with Crippen molar-refractivity contribution in [1.29, 1.82) is 0 Å². The topological polar surface area (TPSA) is 46.2 Å². The van der Waals surface area contributed by atoms with Crippen LogP contribution in [0.4, 0.5) is 0 Å². The van der Waals surface area contributed by atoms with Gasteiger partial charge >= 0.3 is 0 Å². The Morgan fingerprint density at radius 1 is 0.920 bits per heavy atom. The van der Waals surface area contributed by atoms with Crippen LogP contribution in [0.15, 0.2) is 42.5 Å². The molecule has 2 aromatic rings. The molecule has 25 heavy (non-hydrogen) atoms. The summed E-state index contributed by atoms with van der Waals surface area (Å²) in [6, 6.07) is 12.8. The first kappa shape index (κ1) is 18.9. The van der Waals surface area contributed by atoms with Crippen molar-refractivity contribution < 1.29 is 9.59 Å². The van der Waals surface area contributed by atoms with E-state index < -0.39 is 6.04 Å². The number of rotatable bonds is 6. The summed E-state index contributed by atoms with van der Waals surface area (Å²) in [5, 5.41) is 2.92. The second-order valence-electron chi connectivity index (χ2n) is 6.99. The third kappa shape index (κ3) is 4.79. The van der Waals surface area contributed by atoms with Crippen LogP contribution < -0.4 is 5.32 Å². The fourth-order valence-corrected chi connectivity index (χ4v) is 2.95. The van der Waals surface area contributed by atoms with Crippen LogP contribution in [-0.4, -0.2) is 17.7 Å². The highest BCUT2D eigenvalue weighted by Crippen LogP contribution is 2.15. The highest BCUT2D eigenvalue weighted by Gasteiger charge is 2.26. The van der Waals surface area contributed by atoms with Gasteiger partial charge in [0, 0.05) is 11.1 Å². The average molecular weight is 337 g/mol. The summed E-state index contributed by atoms with van der Waals surface area (Å²) in [7, 11) is 0. The molecule has 0 saturated heterocycles. The molecular formula is C22H27NO2. The van der Waals surface area contributed by atoms with Crippen LogP contribution >= 0.6 is 0 Å². The van der Waals surface area contributed by atoms with Gasteiger partial charge in [0.2, 0.25) is 0 Å². The zero-order valence-corrected chi connectivity index (χ0v) is 15.7. The molecule has 0 saturated carbocycles. The molecule has 0 aliphatic heterocycles. The zero-order valence-electron chi connectivity index (χ0n) is 15.7. The van der Waals surface area contributed by atoms with E-state index in [2.05, 4.69) is 12.2 Å². The molecule has 0 fully saturated rings. The first-order valence-electron chi connectivity index (χ1n) is 8.84. The summed E-state index contributed by atoms with van der Waals surface area (Å²) in [6.07, 6.45) is 0.932.